The van der Waals surface area contributed by atoms with Crippen molar-refractivity contribution in [2.45, 2.75) is 45.1 Å². The lowest BCUT2D eigenvalue weighted by molar-refractivity contribution is 0.0896. The molecule has 0 aromatic heterocycles. The van der Waals surface area contributed by atoms with Crippen molar-refractivity contribution in [3.8, 4) is 5.75 Å². The van der Waals surface area contributed by atoms with Crippen molar-refractivity contribution in [3.63, 3.8) is 0 Å². The fraction of sp³-hybridized carbons (Fsp3) is 0.458. The molecule has 2 unspecified atom stereocenters. The number of nitrogens with one attached hydrogen (secondary N) is 1. The van der Waals surface area contributed by atoms with Crippen LogP contribution < -0.4 is 10.1 Å². The molecule has 0 radical (unpaired) electrons. The third-order valence-corrected chi connectivity index (χ3v) is 5.57. The second-order valence-corrected chi connectivity index (χ2v) is 7.89. The van der Waals surface area contributed by atoms with Gasteiger partial charge in [-0.3, -0.25) is 4.79 Å². The van der Waals surface area contributed by atoms with Gasteiger partial charge in [-0.15, -0.1) is 0 Å². The third kappa shape index (κ3) is 5.83. The topological polar surface area (TPSA) is 58.6 Å². The van der Waals surface area contributed by atoms with Gasteiger partial charge in [0.05, 0.1) is 12.7 Å². The highest BCUT2D eigenvalue weighted by molar-refractivity contribution is 5.94. The smallest absolute Gasteiger partial charge is 0.251 e. The minimum Gasteiger partial charge on any atom is -0.493 e. The van der Waals surface area contributed by atoms with Crippen LogP contribution in [0.5, 0.6) is 5.75 Å². The second-order valence-electron chi connectivity index (χ2n) is 7.89. The molecule has 4 heteroatoms. The Balaban J connectivity index is 1.51. The largest absolute Gasteiger partial charge is 0.493 e. The third-order valence-electron chi connectivity index (χ3n) is 5.57. The first-order valence-corrected chi connectivity index (χ1v) is 10.4. The highest BCUT2D eigenvalue weighted by atomic mass is 16.5. The van der Waals surface area contributed by atoms with Gasteiger partial charge >= 0.3 is 0 Å². The molecule has 2 N–H and O–H groups in total. The van der Waals surface area contributed by atoms with Crippen molar-refractivity contribution >= 4 is 5.91 Å². The van der Waals surface area contributed by atoms with E-state index in [0.717, 1.165) is 17.9 Å². The molecule has 0 bridgehead atoms. The molecule has 3 rings (SSSR count). The van der Waals surface area contributed by atoms with E-state index < -0.39 is 6.10 Å². The molecule has 1 aliphatic carbocycles. The number of rotatable bonds is 8. The van der Waals surface area contributed by atoms with Crippen LogP contribution in [0.25, 0.3) is 0 Å². The Hall–Kier alpha value is -2.33. The number of amides is 1. The van der Waals surface area contributed by atoms with Gasteiger partial charge in [0.2, 0.25) is 0 Å². The maximum Gasteiger partial charge on any atom is 0.251 e. The molecule has 0 aliphatic heterocycles. The van der Waals surface area contributed by atoms with Crippen molar-refractivity contribution in [1.82, 2.24) is 5.32 Å². The van der Waals surface area contributed by atoms with Gasteiger partial charge in [0, 0.05) is 18.0 Å². The molecule has 0 heterocycles. The summed E-state index contributed by atoms with van der Waals surface area (Å²) < 4.78 is 5.99. The predicted octanol–water partition coefficient (Wildman–Crippen LogP) is 4.75. The van der Waals surface area contributed by atoms with Crippen molar-refractivity contribution in [1.29, 1.82) is 0 Å². The Kier molecular flexibility index (Phi) is 7.49. The van der Waals surface area contributed by atoms with Gasteiger partial charge in [0.1, 0.15) is 5.75 Å². The van der Waals surface area contributed by atoms with E-state index in [4.69, 9.17) is 4.74 Å². The molecule has 28 heavy (non-hydrogen) atoms. The average molecular weight is 382 g/mol. The van der Waals surface area contributed by atoms with E-state index in [1.54, 1.807) is 12.1 Å². The number of hydrogen-bond donors (Lipinski definition) is 2. The fourth-order valence-corrected chi connectivity index (χ4v) is 3.74. The molecule has 1 saturated carbocycles. The molecule has 150 valence electrons. The predicted molar refractivity (Wildman–Crippen MR) is 111 cm³/mol. The summed E-state index contributed by atoms with van der Waals surface area (Å²) in [5.74, 6) is 1.22. The summed E-state index contributed by atoms with van der Waals surface area (Å²) in [5.41, 5.74) is 1.45. The Labute approximate surface area is 167 Å². The van der Waals surface area contributed by atoms with Gasteiger partial charge in [-0.05, 0) is 48.6 Å². The normalized spacial score (nSPS) is 16.9. The number of aliphatic hydroxyl groups excluding tert-OH is 1. The molecule has 2 atom stereocenters. The summed E-state index contributed by atoms with van der Waals surface area (Å²) in [6.07, 6.45) is 5.80. The van der Waals surface area contributed by atoms with E-state index >= 15 is 0 Å². The molecule has 0 spiro atoms. The van der Waals surface area contributed by atoms with Gasteiger partial charge in [-0.25, -0.2) is 0 Å². The highest BCUT2D eigenvalue weighted by Gasteiger charge is 2.19. The van der Waals surface area contributed by atoms with Gasteiger partial charge in [-0.2, -0.15) is 0 Å². The number of carbonyl (C=O) groups excluding carboxylic acids is 1. The Bertz CT molecular complexity index is 741. The second kappa shape index (κ2) is 10.3. The van der Waals surface area contributed by atoms with Crippen molar-refractivity contribution in [2.75, 3.05) is 13.2 Å². The van der Waals surface area contributed by atoms with Crippen molar-refractivity contribution < 1.29 is 14.6 Å². The van der Waals surface area contributed by atoms with Gasteiger partial charge < -0.3 is 15.2 Å². The van der Waals surface area contributed by atoms with Crippen LogP contribution in [-0.4, -0.2) is 24.2 Å². The van der Waals surface area contributed by atoms with E-state index in [-0.39, 0.29) is 11.8 Å². The standard InChI is InChI=1S/C24H31NO3/c1-18(16-25-24(27)20-11-6-3-7-12-20)23(26)21-13-8-14-22(15-21)28-17-19-9-4-2-5-10-19/h3,6-8,11-15,18-19,23,26H,2,4-5,9-10,16-17H2,1H3,(H,25,27). The van der Waals surface area contributed by atoms with Crippen LogP contribution in [0.1, 0.15) is 61.1 Å². The molecular formula is C24H31NO3. The highest BCUT2D eigenvalue weighted by Crippen LogP contribution is 2.27. The van der Waals surface area contributed by atoms with E-state index in [2.05, 4.69) is 5.32 Å². The lowest BCUT2D eigenvalue weighted by atomic mass is 9.90. The minimum absolute atomic E-state index is 0.110. The number of carbonyl (C=O) groups is 1. The van der Waals surface area contributed by atoms with Crippen LogP contribution in [0.4, 0.5) is 0 Å². The van der Waals surface area contributed by atoms with Crippen molar-refractivity contribution in [2.24, 2.45) is 11.8 Å². The Morgan fingerprint density at radius 1 is 1.11 bits per heavy atom. The fourth-order valence-electron chi connectivity index (χ4n) is 3.74. The summed E-state index contributed by atoms with van der Waals surface area (Å²) in [7, 11) is 0. The Morgan fingerprint density at radius 3 is 2.61 bits per heavy atom. The van der Waals surface area contributed by atoms with Crippen LogP contribution in [0.2, 0.25) is 0 Å². The van der Waals surface area contributed by atoms with Crippen LogP contribution in [0.15, 0.2) is 54.6 Å². The number of hydrogen-bond acceptors (Lipinski definition) is 3. The lowest BCUT2D eigenvalue weighted by Gasteiger charge is -2.23. The maximum absolute atomic E-state index is 12.2. The molecule has 1 amide bonds. The van der Waals surface area contributed by atoms with E-state index in [1.807, 2.05) is 49.4 Å². The summed E-state index contributed by atoms with van der Waals surface area (Å²) in [5, 5.41) is 13.6. The molecule has 2 aromatic carbocycles. The van der Waals surface area contributed by atoms with E-state index in [1.165, 1.54) is 32.1 Å². The molecule has 0 saturated heterocycles. The van der Waals surface area contributed by atoms with Crippen LogP contribution in [0.3, 0.4) is 0 Å². The molecule has 1 aliphatic rings. The van der Waals surface area contributed by atoms with Gasteiger partial charge in [0.15, 0.2) is 0 Å². The maximum atomic E-state index is 12.2. The zero-order valence-electron chi connectivity index (χ0n) is 16.6. The summed E-state index contributed by atoms with van der Waals surface area (Å²) >= 11 is 0. The zero-order valence-corrected chi connectivity index (χ0v) is 16.6. The van der Waals surface area contributed by atoms with Gasteiger partial charge in [0.25, 0.3) is 5.91 Å². The molecule has 2 aromatic rings. The SMILES string of the molecule is CC(CNC(=O)c1ccccc1)C(O)c1cccc(OCC2CCCCC2)c1. The number of aliphatic hydroxyl groups is 1. The minimum atomic E-state index is -0.658. The molecule has 1 fully saturated rings. The monoisotopic (exact) mass is 381 g/mol. The zero-order chi connectivity index (χ0) is 19.8. The van der Waals surface area contributed by atoms with Crippen molar-refractivity contribution in [3.05, 3.63) is 65.7 Å². The molecular weight excluding hydrogens is 350 g/mol. The number of ether oxygens (including phenoxy) is 1. The molecule has 4 nitrogen and oxygen atoms in total. The summed E-state index contributed by atoms with van der Waals surface area (Å²) in [6.45, 7) is 3.09. The van der Waals surface area contributed by atoms with Crippen LogP contribution in [-0.2, 0) is 0 Å². The van der Waals surface area contributed by atoms with E-state index in [0.29, 0.717) is 18.0 Å². The first kappa shape index (κ1) is 20.4. The first-order chi connectivity index (χ1) is 13.6. The van der Waals surface area contributed by atoms with Gasteiger partial charge in [-0.1, -0.05) is 56.5 Å². The first-order valence-electron chi connectivity index (χ1n) is 10.4. The van der Waals surface area contributed by atoms with Crippen LogP contribution in [0, 0.1) is 11.8 Å². The average Bonchev–Trinajstić information content (AvgIpc) is 2.76. The van der Waals surface area contributed by atoms with E-state index in [9.17, 15) is 9.90 Å². The summed E-state index contributed by atoms with van der Waals surface area (Å²) in [6, 6.07) is 16.8. The quantitative estimate of drug-likeness (QED) is 0.694. The Morgan fingerprint density at radius 2 is 1.86 bits per heavy atom. The summed E-state index contributed by atoms with van der Waals surface area (Å²) in [4.78, 5) is 12.2. The number of benzene rings is 2. The lowest BCUT2D eigenvalue weighted by Crippen LogP contribution is -2.30. The van der Waals surface area contributed by atoms with Crippen LogP contribution >= 0.6 is 0 Å².